The molecule has 1 aliphatic carbocycles. The smallest absolute Gasteiger partial charge is 0.0621 e. The molecule has 2 aliphatic heterocycles. The van der Waals surface area contributed by atoms with Gasteiger partial charge in [-0.15, -0.1) is 0 Å². The van der Waals surface area contributed by atoms with Gasteiger partial charge >= 0.3 is 0 Å². The molecule has 2 heteroatoms. The first kappa shape index (κ1) is 7.10. The summed E-state index contributed by atoms with van der Waals surface area (Å²) in [7, 11) is 0. The van der Waals surface area contributed by atoms with Gasteiger partial charge in [-0.1, -0.05) is 12.2 Å². The van der Waals surface area contributed by atoms with E-state index in [1.807, 2.05) is 0 Å². The molecule has 12 heavy (non-hydrogen) atoms. The van der Waals surface area contributed by atoms with Crippen molar-refractivity contribution >= 4 is 0 Å². The van der Waals surface area contributed by atoms with Crippen molar-refractivity contribution in [1.29, 1.82) is 0 Å². The Morgan fingerprint density at radius 2 is 2.50 bits per heavy atom. The lowest BCUT2D eigenvalue weighted by Crippen LogP contribution is -2.45. The minimum absolute atomic E-state index is 0.141. The largest absolute Gasteiger partial charge is 0.394 e. The molecule has 1 unspecified atom stereocenters. The standard InChI is InChI=1S/C10H15NO/c1-7-3-10(6-12)9-2-8(9)5-11(10)4-7/h8-9,12H,1-6H2/t8-,9-,10?/m0/s1. The first-order valence-corrected chi connectivity index (χ1v) is 4.79. The van der Waals surface area contributed by atoms with Crippen LogP contribution in [0.3, 0.4) is 0 Å². The zero-order valence-electron chi connectivity index (χ0n) is 7.29. The average molecular weight is 165 g/mol. The number of rotatable bonds is 1. The van der Waals surface area contributed by atoms with Crippen LogP contribution in [-0.2, 0) is 0 Å². The van der Waals surface area contributed by atoms with Gasteiger partial charge in [0.1, 0.15) is 0 Å². The number of fused-ring (bicyclic) bond motifs is 3. The van der Waals surface area contributed by atoms with Gasteiger partial charge in [-0.3, -0.25) is 4.90 Å². The SMILES string of the molecule is C=C1CN2C[C@@H]3C[C@@H]3C2(CO)C1. The Hall–Kier alpha value is -0.340. The summed E-state index contributed by atoms with van der Waals surface area (Å²) in [5, 5.41) is 9.46. The van der Waals surface area contributed by atoms with Crippen LogP contribution in [0.2, 0.25) is 0 Å². The highest BCUT2D eigenvalue weighted by Crippen LogP contribution is 2.59. The number of nitrogens with zero attached hydrogens (tertiary/aromatic N) is 1. The Morgan fingerprint density at radius 3 is 3.17 bits per heavy atom. The van der Waals surface area contributed by atoms with Crippen molar-refractivity contribution in [2.24, 2.45) is 11.8 Å². The molecule has 0 bridgehead atoms. The van der Waals surface area contributed by atoms with E-state index in [1.165, 1.54) is 18.5 Å². The summed E-state index contributed by atoms with van der Waals surface area (Å²) in [5.41, 5.74) is 1.45. The van der Waals surface area contributed by atoms with E-state index in [2.05, 4.69) is 11.5 Å². The summed E-state index contributed by atoms with van der Waals surface area (Å²) in [4.78, 5) is 2.45. The van der Waals surface area contributed by atoms with Gasteiger partial charge < -0.3 is 5.11 Å². The molecule has 3 rings (SSSR count). The van der Waals surface area contributed by atoms with Crippen LogP contribution in [0.4, 0.5) is 0 Å². The van der Waals surface area contributed by atoms with Gasteiger partial charge in [-0.2, -0.15) is 0 Å². The Labute approximate surface area is 72.9 Å². The van der Waals surface area contributed by atoms with Gasteiger partial charge in [0.25, 0.3) is 0 Å². The van der Waals surface area contributed by atoms with E-state index in [1.54, 1.807) is 0 Å². The van der Waals surface area contributed by atoms with E-state index in [-0.39, 0.29) is 5.54 Å². The van der Waals surface area contributed by atoms with Gasteiger partial charge in [0.2, 0.25) is 0 Å². The van der Waals surface area contributed by atoms with E-state index in [9.17, 15) is 5.11 Å². The van der Waals surface area contributed by atoms with Crippen LogP contribution >= 0.6 is 0 Å². The fraction of sp³-hybridized carbons (Fsp3) is 0.800. The van der Waals surface area contributed by atoms with Crippen molar-refractivity contribution in [1.82, 2.24) is 4.90 Å². The molecule has 3 atom stereocenters. The maximum absolute atomic E-state index is 9.46. The summed E-state index contributed by atoms with van der Waals surface area (Å²) in [6.07, 6.45) is 2.40. The summed E-state index contributed by atoms with van der Waals surface area (Å²) < 4.78 is 0. The Kier molecular flexibility index (Phi) is 1.15. The van der Waals surface area contributed by atoms with Crippen molar-refractivity contribution in [2.75, 3.05) is 19.7 Å². The Balaban J connectivity index is 1.97. The molecule has 0 amide bonds. The normalized spacial score (nSPS) is 50.9. The molecular formula is C10H15NO. The first-order chi connectivity index (χ1) is 5.76. The lowest BCUT2D eigenvalue weighted by atomic mass is 9.91. The topological polar surface area (TPSA) is 23.5 Å². The maximum atomic E-state index is 9.46. The van der Waals surface area contributed by atoms with Crippen LogP contribution in [0.25, 0.3) is 0 Å². The fourth-order valence-corrected chi connectivity index (χ4v) is 3.30. The predicted molar refractivity (Wildman–Crippen MR) is 46.7 cm³/mol. The van der Waals surface area contributed by atoms with Crippen molar-refractivity contribution in [2.45, 2.75) is 18.4 Å². The highest BCUT2D eigenvalue weighted by atomic mass is 16.3. The lowest BCUT2D eigenvalue weighted by Gasteiger charge is -2.32. The predicted octanol–water partition coefficient (Wildman–Crippen LogP) is 0.629. The number of aliphatic hydroxyl groups is 1. The number of aliphatic hydroxyl groups excluding tert-OH is 1. The first-order valence-electron chi connectivity index (χ1n) is 4.79. The summed E-state index contributed by atoms with van der Waals surface area (Å²) in [6.45, 7) is 6.62. The third-order valence-electron chi connectivity index (χ3n) is 3.94. The molecule has 0 radical (unpaired) electrons. The van der Waals surface area contributed by atoms with Gasteiger partial charge in [-0.05, 0) is 24.7 Å². The minimum Gasteiger partial charge on any atom is -0.394 e. The third-order valence-corrected chi connectivity index (χ3v) is 3.94. The molecule has 3 fully saturated rings. The van der Waals surface area contributed by atoms with Crippen LogP contribution in [0.5, 0.6) is 0 Å². The Morgan fingerprint density at radius 1 is 1.67 bits per heavy atom. The second-order valence-electron chi connectivity index (χ2n) is 4.67. The molecule has 66 valence electrons. The molecule has 2 heterocycles. The molecule has 1 N–H and O–H groups in total. The van der Waals surface area contributed by atoms with Crippen LogP contribution in [0, 0.1) is 11.8 Å². The van der Waals surface area contributed by atoms with E-state index in [0.717, 1.165) is 24.8 Å². The molecule has 1 saturated carbocycles. The molecule has 2 saturated heterocycles. The molecular weight excluding hydrogens is 150 g/mol. The van der Waals surface area contributed by atoms with E-state index >= 15 is 0 Å². The second-order valence-corrected chi connectivity index (χ2v) is 4.67. The summed E-state index contributed by atoms with van der Waals surface area (Å²) in [6, 6.07) is 0. The van der Waals surface area contributed by atoms with Crippen LogP contribution in [0.1, 0.15) is 12.8 Å². The molecule has 2 nitrogen and oxygen atoms in total. The zero-order valence-corrected chi connectivity index (χ0v) is 7.29. The van der Waals surface area contributed by atoms with Crippen molar-refractivity contribution in [3.8, 4) is 0 Å². The van der Waals surface area contributed by atoms with Crippen molar-refractivity contribution in [3.63, 3.8) is 0 Å². The third kappa shape index (κ3) is 0.639. The number of piperidine rings is 1. The van der Waals surface area contributed by atoms with Gasteiger partial charge in [-0.25, -0.2) is 0 Å². The quantitative estimate of drug-likeness (QED) is 0.576. The second kappa shape index (κ2) is 1.94. The van der Waals surface area contributed by atoms with Crippen molar-refractivity contribution in [3.05, 3.63) is 12.2 Å². The summed E-state index contributed by atoms with van der Waals surface area (Å²) in [5.74, 6) is 1.70. The fourth-order valence-electron chi connectivity index (χ4n) is 3.30. The molecule has 0 spiro atoms. The van der Waals surface area contributed by atoms with Crippen LogP contribution < -0.4 is 0 Å². The molecule has 3 aliphatic rings. The van der Waals surface area contributed by atoms with E-state index in [4.69, 9.17) is 0 Å². The molecule has 0 aromatic heterocycles. The Bertz CT molecular complexity index is 250. The molecule has 0 aromatic rings. The minimum atomic E-state index is 0.141. The van der Waals surface area contributed by atoms with Crippen molar-refractivity contribution < 1.29 is 5.11 Å². The van der Waals surface area contributed by atoms with E-state index < -0.39 is 0 Å². The van der Waals surface area contributed by atoms with E-state index in [0.29, 0.717) is 6.61 Å². The van der Waals surface area contributed by atoms with Gasteiger partial charge in [0.05, 0.1) is 12.1 Å². The lowest BCUT2D eigenvalue weighted by molar-refractivity contribution is 0.0756. The number of hydrogen-bond donors (Lipinski definition) is 1. The highest BCUT2D eigenvalue weighted by Gasteiger charge is 2.63. The monoisotopic (exact) mass is 165 g/mol. The summed E-state index contributed by atoms with van der Waals surface area (Å²) >= 11 is 0. The maximum Gasteiger partial charge on any atom is 0.0621 e. The average Bonchev–Trinajstić information content (AvgIpc) is 2.62. The van der Waals surface area contributed by atoms with Gasteiger partial charge in [0, 0.05) is 13.1 Å². The highest BCUT2D eigenvalue weighted by molar-refractivity contribution is 5.25. The molecule has 0 aromatic carbocycles. The number of hydrogen-bond acceptors (Lipinski definition) is 2. The van der Waals surface area contributed by atoms with Gasteiger partial charge in [0.15, 0.2) is 0 Å². The van der Waals surface area contributed by atoms with Crippen LogP contribution in [-0.4, -0.2) is 35.2 Å². The van der Waals surface area contributed by atoms with Crippen LogP contribution in [0.15, 0.2) is 12.2 Å². The zero-order chi connectivity index (χ0) is 8.34.